The molecule has 0 atom stereocenters. The van der Waals surface area contributed by atoms with Gasteiger partial charge in [0.15, 0.2) is 5.76 Å². The number of benzene rings is 2. The molecule has 31 heavy (non-hydrogen) atoms. The minimum Gasteiger partial charge on any atom is -0.459 e. The molecule has 160 valence electrons. The molecule has 1 heterocycles. The zero-order valence-corrected chi connectivity index (χ0v) is 15.8. The van der Waals surface area contributed by atoms with Gasteiger partial charge in [-0.3, -0.25) is 14.4 Å². The maximum atomic E-state index is 12.8. The van der Waals surface area contributed by atoms with Crippen molar-refractivity contribution in [3.8, 4) is 0 Å². The summed E-state index contributed by atoms with van der Waals surface area (Å²) in [6, 6.07) is 13.0. The maximum absolute atomic E-state index is 12.8. The Morgan fingerprint density at radius 1 is 0.839 bits per heavy atom. The van der Waals surface area contributed by atoms with Gasteiger partial charge in [0.05, 0.1) is 18.4 Å². The van der Waals surface area contributed by atoms with Crippen LogP contribution in [-0.2, 0) is 11.0 Å². The molecule has 0 saturated carbocycles. The van der Waals surface area contributed by atoms with Gasteiger partial charge in [0.25, 0.3) is 11.8 Å². The SMILES string of the molecule is O=C(CNC(=O)c1ccco1)Nc1cccc(C(=O)Nc2cccc(C(F)(F)F)c2)c1. The molecule has 0 bridgehead atoms. The molecule has 3 aromatic rings. The molecule has 0 aliphatic rings. The van der Waals surface area contributed by atoms with Crippen LogP contribution in [0.1, 0.15) is 26.5 Å². The van der Waals surface area contributed by atoms with Crippen LogP contribution >= 0.6 is 0 Å². The molecule has 3 rings (SSSR count). The summed E-state index contributed by atoms with van der Waals surface area (Å²) in [5, 5.41) is 7.28. The number of furan rings is 1. The lowest BCUT2D eigenvalue weighted by atomic mass is 10.1. The molecule has 3 amide bonds. The Balaban J connectivity index is 1.60. The highest BCUT2D eigenvalue weighted by Crippen LogP contribution is 2.30. The van der Waals surface area contributed by atoms with E-state index in [1.54, 1.807) is 0 Å². The third-order valence-corrected chi connectivity index (χ3v) is 4.01. The monoisotopic (exact) mass is 431 g/mol. The van der Waals surface area contributed by atoms with E-state index in [4.69, 9.17) is 4.42 Å². The van der Waals surface area contributed by atoms with E-state index in [9.17, 15) is 27.6 Å². The number of anilines is 2. The van der Waals surface area contributed by atoms with Gasteiger partial charge in [-0.15, -0.1) is 0 Å². The lowest BCUT2D eigenvalue weighted by Gasteiger charge is -2.11. The highest BCUT2D eigenvalue weighted by molar-refractivity contribution is 6.05. The van der Waals surface area contributed by atoms with E-state index < -0.39 is 29.5 Å². The third kappa shape index (κ3) is 5.95. The largest absolute Gasteiger partial charge is 0.459 e. The Kier molecular flexibility index (Phi) is 6.39. The Morgan fingerprint density at radius 3 is 2.23 bits per heavy atom. The van der Waals surface area contributed by atoms with Crippen LogP contribution in [-0.4, -0.2) is 24.3 Å². The van der Waals surface area contributed by atoms with E-state index in [-0.39, 0.29) is 29.2 Å². The second-order valence-electron chi connectivity index (χ2n) is 6.32. The Morgan fingerprint density at radius 2 is 1.55 bits per heavy atom. The lowest BCUT2D eigenvalue weighted by Crippen LogP contribution is -2.32. The molecule has 0 spiro atoms. The molecular formula is C21H16F3N3O4. The van der Waals surface area contributed by atoms with Crippen LogP contribution in [0.4, 0.5) is 24.5 Å². The van der Waals surface area contributed by atoms with Crippen LogP contribution < -0.4 is 16.0 Å². The average Bonchev–Trinajstić information content (AvgIpc) is 3.27. The number of carbonyl (C=O) groups excluding carboxylic acids is 3. The van der Waals surface area contributed by atoms with Gasteiger partial charge < -0.3 is 20.4 Å². The van der Waals surface area contributed by atoms with Crippen molar-refractivity contribution < 1.29 is 32.0 Å². The predicted molar refractivity (Wildman–Crippen MR) is 106 cm³/mol. The van der Waals surface area contributed by atoms with Crippen LogP contribution in [0.3, 0.4) is 0 Å². The van der Waals surface area contributed by atoms with Gasteiger partial charge in [-0.05, 0) is 48.5 Å². The van der Waals surface area contributed by atoms with Crippen molar-refractivity contribution in [3.63, 3.8) is 0 Å². The normalized spacial score (nSPS) is 10.9. The van der Waals surface area contributed by atoms with E-state index >= 15 is 0 Å². The first kappa shape index (κ1) is 21.6. The summed E-state index contributed by atoms with van der Waals surface area (Å²) in [7, 11) is 0. The van der Waals surface area contributed by atoms with Gasteiger partial charge in [0, 0.05) is 16.9 Å². The standard InChI is InChI=1S/C21H16F3N3O4/c22-21(23,24)14-5-2-7-16(11-14)27-19(29)13-4-1-6-15(10-13)26-18(28)12-25-20(30)17-8-3-9-31-17/h1-11H,12H2,(H,25,30)(H,26,28)(H,27,29). The number of carbonyl (C=O) groups is 3. The van der Waals surface area contributed by atoms with Crippen molar-refractivity contribution in [3.05, 3.63) is 83.8 Å². The van der Waals surface area contributed by atoms with E-state index in [0.29, 0.717) is 0 Å². The summed E-state index contributed by atoms with van der Waals surface area (Å²) in [4.78, 5) is 36.2. The molecule has 0 aliphatic carbocycles. The van der Waals surface area contributed by atoms with Crippen molar-refractivity contribution in [2.75, 3.05) is 17.2 Å². The summed E-state index contributed by atoms with van der Waals surface area (Å²) in [6.45, 7) is -0.333. The van der Waals surface area contributed by atoms with Crippen LogP contribution in [0.15, 0.2) is 71.3 Å². The molecule has 0 fully saturated rings. The quantitative estimate of drug-likeness (QED) is 0.551. The van der Waals surface area contributed by atoms with Crippen LogP contribution in [0.2, 0.25) is 0 Å². The molecule has 0 radical (unpaired) electrons. The number of amides is 3. The van der Waals surface area contributed by atoms with Gasteiger partial charge in [-0.2, -0.15) is 13.2 Å². The fraction of sp³-hybridized carbons (Fsp3) is 0.0952. The molecule has 0 unspecified atom stereocenters. The summed E-state index contributed by atoms with van der Waals surface area (Å²) in [5.74, 6) is -1.70. The van der Waals surface area contributed by atoms with E-state index in [1.807, 2.05) is 0 Å². The topological polar surface area (TPSA) is 100 Å². The minimum atomic E-state index is -4.53. The van der Waals surface area contributed by atoms with E-state index in [2.05, 4.69) is 16.0 Å². The smallest absolute Gasteiger partial charge is 0.416 e. The first-order chi connectivity index (χ1) is 14.7. The molecule has 3 N–H and O–H groups in total. The molecule has 7 nitrogen and oxygen atoms in total. The molecular weight excluding hydrogens is 415 g/mol. The van der Waals surface area contributed by atoms with Gasteiger partial charge in [0.1, 0.15) is 0 Å². The van der Waals surface area contributed by atoms with Gasteiger partial charge in [-0.1, -0.05) is 12.1 Å². The van der Waals surface area contributed by atoms with Gasteiger partial charge >= 0.3 is 6.18 Å². The van der Waals surface area contributed by atoms with Crippen molar-refractivity contribution in [1.82, 2.24) is 5.32 Å². The summed E-state index contributed by atoms with van der Waals surface area (Å²) in [5.41, 5.74) is -0.512. The van der Waals surface area contributed by atoms with E-state index in [0.717, 1.165) is 12.1 Å². The number of hydrogen-bond acceptors (Lipinski definition) is 4. The molecule has 0 aliphatic heterocycles. The molecule has 10 heteroatoms. The van der Waals surface area contributed by atoms with Crippen molar-refractivity contribution in [2.24, 2.45) is 0 Å². The zero-order chi connectivity index (χ0) is 22.4. The highest BCUT2D eigenvalue weighted by Gasteiger charge is 2.30. The number of alkyl halides is 3. The van der Waals surface area contributed by atoms with E-state index in [1.165, 1.54) is 54.8 Å². The average molecular weight is 431 g/mol. The van der Waals surface area contributed by atoms with Gasteiger partial charge in [-0.25, -0.2) is 0 Å². The predicted octanol–water partition coefficient (Wildman–Crippen LogP) is 3.92. The van der Waals surface area contributed by atoms with Crippen LogP contribution in [0.25, 0.3) is 0 Å². The third-order valence-electron chi connectivity index (χ3n) is 4.01. The highest BCUT2D eigenvalue weighted by atomic mass is 19.4. The fourth-order valence-electron chi connectivity index (χ4n) is 2.58. The van der Waals surface area contributed by atoms with Crippen molar-refractivity contribution in [1.29, 1.82) is 0 Å². The summed E-state index contributed by atoms with van der Waals surface area (Å²) in [6.07, 6.45) is -3.21. The van der Waals surface area contributed by atoms with Crippen LogP contribution in [0, 0.1) is 0 Å². The molecule has 1 aromatic heterocycles. The first-order valence-corrected chi connectivity index (χ1v) is 8.92. The molecule has 0 saturated heterocycles. The lowest BCUT2D eigenvalue weighted by molar-refractivity contribution is -0.137. The fourth-order valence-corrected chi connectivity index (χ4v) is 2.58. The number of halogens is 3. The van der Waals surface area contributed by atoms with Crippen LogP contribution in [0.5, 0.6) is 0 Å². The number of hydrogen-bond donors (Lipinski definition) is 3. The molecule has 2 aromatic carbocycles. The zero-order valence-electron chi connectivity index (χ0n) is 15.8. The number of nitrogens with one attached hydrogen (secondary N) is 3. The van der Waals surface area contributed by atoms with Gasteiger partial charge in [0.2, 0.25) is 5.91 Å². The minimum absolute atomic E-state index is 0.0186. The summed E-state index contributed by atoms with van der Waals surface area (Å²) >= 11 is 0. The first-order valence-electron chi connectivity index (χ1n) is 8.92. The maximum Gasteiger partial charge on any atom is 0.416 e. The summed E-state index contributed by atoms with van der Waals surface area (Å²) < 4.78 is 43.3. The Labute approximate surface area is 174 Å². The Hall–Kier alpha value is -4.08. The second-order valence-corrected chi connectivity index (χ2v) is 6.32. The number of rotatable bonds is 6. The Bertz CT molecular complexity index is 1100. The van der Waals surface area contributed by atoms with Crippen molar-refractivity contribution in [2.45, 2.75) is 6.18 Å². The second kappa shape index (κ2) is 9.16. The van der Waals surface area contributed by atoms with Crippen molar-refractivity contribution >= 4 is 29.1 Å².